The van der Waals surface area contributed by atoms with Gasteiger partial charge in [0.05, 0.1) is 27.8 Å². The lowest BCUT2D eigenvalue weighted by molar-refractivity contribution is -0.137. The molecule has 0 radical (unpaired) electrons. The summed E-state index contributed by atoms with van der Waals surface area (Å²) in [6.45, 7) is 3.57. The van der Waals surface area contributed by atoms with Crippen molar-refractivity contribution in [1.82, 2.24) is 19.8 Å². The number of nitrogens with zero attached hydrogens (tertiary/aromatic N) is 5. The maximum absolute atomic E-state index is 14.1. The number of sulfone groups is 1. The first-order valence-corrected chi connectivity index (χ1v) is 17.4. The van der Waals surface area contributed by atoms with Crippen LogP contribution >= 0.6 is 11.3 Å². The van der Waals surface area contributed by atoms with E-state index in [4.69, 9.17) is 4.74 Å². The number of carbonyl (C=O) groups excluding carboxylic acids is 1. The molecule has 2 atom stereocenters. The number of thiophene rings is 1. The zero-order valence-electron chi connectivity index (χ0n) is 24.8. The van der Waals surface area contributed by atoms with Gasteiger partial charge in [-0.3, -0.25) is 9.69 Å². The molecule has 3 aliphatic heterocycles. The monoisotopic (exact) mass is 662 g/mol. The van der Waals surface area contributed by atoms with Crippen LogP contribution in [0.2, 0.25) is 0 Å². The van der Waals surface area contributed by atoms with Crippen molar-refractivity contribution in [3.8, 4) is 10.6 Å². The zero-order valence-corrected chi connectivity index (χ0v) is 26.4. The summed E-state index contributed by atoms with van der Waals surface area (Å²) >= 11 is 0.701. The first kappa shape index (κ1) is 30.4. The van der Waals surface area contributed by atoms with Gasteiger partial charge >= 0.3 is 6.18 Å². The van der Waals surface area contributed by atoms with Crippen LogP contribution in [-0.2, 0) is 20.8 Å². The van der Waals surface area contributed by atoms with E-state index in [0.29, 0.717) is 42.1 Å². The molecule has 2 bridgehead atoms. The lowest BCUT2D eigenvalue weighted by Gasteiger charge is -2.35. The minimum Gasteiger partial charge on any atom is -0.383 e. The molecule has 15 heteroatoms. The van der Waals surface area contributed by atoms with Gasteiger partial charge in [-0.15, -0.1) is 11.3 Å². The van der Waals surface area contributed by atoms with Crippen molar-refractivity contribution in [2.24, 2.45) is 0 Å². The van der Waals surface area contributed by atoms with E-state index in [1.54, 1.807) is 7.11 Å². The number of nitrogens with one attached hydrogen (secondary N) is 1. The molecular weight excluding hydrogens is 629 g/mol. The Hall–Kier alpha value is -3.27. The van der Waals surface area contributed by atoms with Crippen LogP contribution in [-0.4, -0.2) is 98.9 Å². The molecule has 1 saturated carbocycles. The topological polar surface area (TPSA) is 108 Å². The molecule has 1 N–H and O–H groups in total. The van der Waals surface area contributed by atoms with Crippen LogP contribution in [0.4, 0.5) is 30.5 Å². The van der Waals surface area contributed by atoms with Crippen molar-refractivity contribution < 1.29 is 31.1 Å². The summed E-state index contributed by atoms with van der Waals surface area (Å²) < 4.78 is 73.5. The minimum absolute atomic E-state index is 0.00121. The van der Waals surface area contributed by atoms with Crippen molar-refractivity contribution in [3.05, 3.63) is 46.5 Å². The highest BCUT2D eigenvalue weighted by Gasteiger charge is 2.43. The van der Waals surface area contributed by atoms with Gasteiger partial charge in [-0.2, -0.15) is 13.2 Å². The number of fused-ring (bicyclic) bond motifs is 3. The van der Waals surface area contributed by atoms with Crippen LogP contribution in [0, 0.1) is 0 Å². The number of halogens is 3. The normalized spacial score (nSPS) is 23.0. The number of likely N-dealkylation sites (tertiary alicyclic amines) is 1. The molecule has 2 saturated heterocycles. The van der Waals surface area contributed by atoms with Gasteiger partial charge in [0.15, 0.2) is 9.84 Å². The molecule has 4 aliphatic rings. The lowest BCUT2D eigenvalue weighted by atomic mass is 10.1. The number of amides is 1. The Bertz CT molecular complexity index is 1760. The van der Waals surface area contributed by atoms with Gasteiger partial charge < -0.3 is 19.9 Å². The zero-order chi connectivity index (χ0) is 31.7. The van der Waals surface area contributed by atoms with E-state index >= 15 is 0 Å². The number of hydrogen-bond donors (Lipinski definition) is 1. The summed E-state index contributed by atoms with van der Waals surface area (Å²) in [5.41, 5.74) is 1.34. The molecule has 2 aromatic heterocycles. The molecule has 7 rings (SSSR count). The van der Waals surface area contributed by atoms with Gasteiger partial charge in [-0.1, -0.05) is 0 Å². The SMILES string of the molecule is COCCN1C[C@H]2C[C@@H]1CN2c1ccc(Nc2ncc(C(F)(F)F)c(-c3cc4c(s3)C(=O)N(C)CCS4(=O)=O)n2)c(C2CC2)c1. The second kappa shape index (κ2) is 11.2. The summed E-state index contributed by atoms with van der Waals surface area (Å²) in [4.78, 5) is 26.9. The maximum atomic E-state index is 14.1. The largest absolute Gasteiger partial charge is 0.420 e. The van der Waals surface area contributed by atoms with Crippen molar-refractivity contribution in [2.75, 3.05) is 62.9 Å². The van der Waals surface area contributed by atoms with Crippen LogP contribution in [0.3, 0.4) is 0 Å². The highest BCUT2D eigenvalue weighted by molar-refractivity contribution is 7.91. The Kier molecular flexibility index (Phi) is 7.57. The van der Waals surface area contributed by atoms with Crippen molar-refractivity contribution in [3.63, 3.8) is 0 Å². The highest BCUT2D eigenvalue weighted by Crippen LogP contribution is 2.47. The number of aromatic nitrogens is 2. The minimum atomic E-state index is -4.80. The van der Waals surface area contributed by atoms with Gasteiger partial charge in [0, 0.05) is 70.0 Å². The molecule has 5 heterocycles. The van der Waals surface area contributed by atoms with Crippen molar-refractivity contribution >= 4 is 44.4 Å². The van der Waals surface area contributed by atoms with E-state index in [1.807, 2.05) is 12.1 Å². The van der Waals surface area contributed by atoms with E-state index in [2.05, 4.69) is 31.2 Å². The standard InChI is InChI=1S/C30H33F3N6O4S2/c1-37-8-10-45(41,42)25-13-24(44-27(25)28(37)40)26-22(30(31,32)33)14-34-29(36-26)35-23-6-5-18(12-21(23)17-3-4-17)39-16-19-11-20(39)15-38(19)7-9-43-2/h5-6,12-14,17,19-20H,3-4,7-11,15-16H2,1-2H3,(H,34,35,36)/t19-,20-/m1/s1. The molecule has 0 unspecified atom stereocenters. The highest BCUT2D eigenvalue weighted by atomic mass is 32.2. The Balaban J connectivity index is 1.20. The molecule has 1 aliphatic carbocycles. The van der Waals surface area contributed by atoms with E-state index < -0.39 is 33.2 Å². The number of anilines is 3. The number of rotatable bonds is 8. The fraction of sp³-hybridized carbons (Fsp3) is 0.500. The Morgan fingerprint density at radius 1 is 1.16 bits per heavy atom. The van der Waals surface area contributed by atoms with Crippen LogP contribution in [0.1, 0.15) is 46.0 Å². The second-order valence-corrected chi connectivity index (χ2v) is 15.3. The molecule has 10 nitrogen and oxygen atoms in total. The fourth-order valence-corrected chi connectivity index (χ4v) is 9.63. The van der Waals surface area contributed by atoms with Gasteiger partial charge in [0.25, 0.3) is 5.91 Å². The molecular formula is C30H33F3N6O4S2. The number of carbonyl (C=O) groups is 1. The second-order valence-electron chi connectivity index (χ2n) is 12.2. The third-order valence-corrected chi connectivity index (χ3v) is 12.1. The van der Waals surface area contributed by atoms with Crippen molar-refractivity contribution in [2.45, 2.75) is 48.3 Å². The summed E-state index contributed by atoms with van der Waals surface area (Å²) in [6.07, 6.45) is -0.943. The predicted molar refractivity (Wildman–Crippen MR) is 164 cm³/mol. The molecule has 3 fully saturated rings. The number of benzene rings is 1. The number of ether oxygens (including phenoxy) is 1. The summed E-state index contributed by atoms with van der Waals surface area (Å²) in [7, 11) is -0.688. The Labute approximate surface area is 263 Å². The lowest BCUT2D eigenvalue weighted by Crippen LogP contribution is -2.47. The summed E-state index contributed by atoms with van der Waals surface area (Å²) in [5, 5.41) is 3.15. The van der Waals surface area contributed by atoms with Gasteiger partial charge in [-0.05, 0) is 55.0 Å². The average Bonchev–Trinajstić information content (AvgIpc) is 3.44. The predicted octanol–water partition coefficient (Wildman–Crippen LogP) is 4.61. The fourth-order valence-electron chi connectivity index (χ4n) is 6.59. The first-order valence-electron chi connectivity index (χ1n) is 14.9. The third-order valence-electron chi connectivity index (χ3n) is 9.16. The first-order chi connectivity index (χ1) is 21.4. The smallest absolute Gasteiger partial charge is 0.383 e. The van der Waals surface area contributed by atoms with E-state index in [9.17, 15) is 26.4 Å². The summed E-state index contributed by atoms with van der Waals surface area (Å²) in [6, 6.07) is 8.20. The quantitative estimate of drug-likeness (QED) is 0.370. The Morgan fingerprint density at radius 2 is 1.96 bits per heavy atom. The van der Waals surface area contributed by atoms with Gasteiger partial charge in [0.2, 0.25) is 5.95 Å². The third kappa shape index (κ3) is 5.68. The average molecular weight is 663 g/mol. The molecule has 3 aromatic rings. The number of hydrogen-bond acceptors (Lipinski definition) is 10. The molecule has 1 amide bonds. The summed E-state index contributed by atoms with van der Waals surface area (Å²) in [5.74, 6) is -0.574. The van der Waals surface area contributed by atoms with Crippen LogP contribution in [0.5, 0.6) is 0 Å². The Morgan fingerprint density at radius 3 is 2.64 bits per heavy atom. The van der Waals surface area contributed by atoms with E-state index in [0.717, 1.165) is 61.9 Å². The van der Waals surface area contributed by atoms with Crippen LogP contribution in [0.25, 0.3) is 10.6 Å². The van der Waals surface area contributed by atoms with E-state index in [1.165, 1.54) is 11.9 Å². The van der Waals surface area contributed by atoms with Crippen molar-refractivity contribution in [1.29, 1.82) is 0 Å². The number of piperazine rings is 1. The molecule has 1 aromatic carbocycles. The van der Waals surface area contributed by atoms with Gasteiger partial charge in [0.1, 0.15) is 10.4 Å². The maximum Gasteiger partial charge on any atom is 0.420 e. The van der Waals surface area contributed by atoms with E-state index in [-0.39, 0.29) is 32.9 Å². The molecule has 240 valence electrons. The number of alkyl halides is 3. The number of methoxy groups -OCH3 is 1. The molecule has 45 heavy (non-hydrogen) atoms. The van der Waals surface area contributed by atoms with Crippen LogP contribution in [0.15, 0.2) is 35.4 Å². The molecule has 0 spiro atoms. The van der Waals surface area contributed by atoms with Crippen LogP contribution < -0.4 is 10.2 Å². The van der Waals surface area contributed by atoms with Gasteiger partial charge in [-0.25, -0.2) is 18.4 Å².